The summed E-state index contributed by atoms with van der Waals surface area (Å²) in [5.41, 5.74) is 6.26. The van der Waals surface area contributed by atoms with Gasteiger partial charge in [0.25, 0.3) is 5.91 Å². The third-order valence-corrected chi connectivity index (χ3v) is 3.25. The number of halogens is 3. The molecule has 1 amide bonds. The van der Waals surface area contributed by atoms with Gasteiger partial charge in [-0.3, -0.25) is 4.79 Å². The van der Waals surface area contributed by atoms with Gasteiger partial charge in [-0.05, 0) is 59.0 Å². The van der Waals surface area contributed by atoms with Crippen LogP contribution in [0.25, 0.3) is 0 Å². The second-order valence-electron chi connectivity index (χ2n) is 3.85. The van der Waals surface area contributed by atoms with E-state index in [0.717, 1.165) is 12.1 Å². The number of nitrogens with one attached hydrogen (secondary N) is 1. The summed E-state index contributed by atoms with van der Waals surface area (Å²) in [5, 5.41) is 2.51. The van der Waals surface area contributed by atoms with Crippen molar-refractivity contribution >= 4 is 39.9 Å². The average Bonchev–Trinajstić information content (AvgIpc) is 2.26. The lowest BCUT2D eigenvalue weighted by atomic mass is 10.2. The van der Waals surface area contributed by atoms with E-state index in [2.05, 4.69) is 5.32 Å². The van der Waals surface area contributed by atoms with Crippen LogP contribution in [0.15, 0.2) is 36.4 Å². The summed E-state index contributed by atoms with van der Waals surface area (Å²) >= 11 is 1.86. The molecule has 2 rings (SSSR count). The van der Waals surface area contributed by atoms with Gasteiger partial charge in [0, 0.05) is 14.9 Å². The summed E-state index contributed by atoms with van der Waals surface area (Å²) < 4.78 is 26.5. The third-order valence-electron chi connectivity index (χ3n) is 2.35. The molecule has 3 N–H and O–H groups in total. The second-order valence-corrected chi connectivity index (χ2v) is 5.01. The third kappa shape index (κ3) is 3.40. The maximum atomic E-state index is 13.1. The minimum absolute atomic E-state index is 0.212. The van der Waals surface area contributed by atoms with Gasteiger partial charge in [-0.2, -0.15) is 0 Å². The molecule has 0 aliphatic carbocycles. The number of nitrogens with two attached hydrogens (primary N) is 1. The largest absolute Gasteiger partial charge is 0.399 e. The van der Waals surface area contributed by atoms with E-state index >= 15 is 0 Å². The molecule has 0 radical (unpaired) electrons. The van der Waals surface area contributed by atoms with E-state index in [1.807, 2.05) is 22.6 Å². The van der Waals surface area contributed by atoms with Gasteiger partial charge in [0.2, 0.25) is 0 Å². The molecule has 98 valence electrons. The fourth-order valence-electron chi connectivity index (χ4n) is 1.56. The minimum Gasteiger partial charge on any atom is -0.399 e. The molecule has 2 aromatic carbocycles. The number of anilines is 2. The Morgan fingerprint density at radius 1 is 1.11 bits per heavy atom. The van der Waals surface area contributed by atoms with Crippen LogP contribution in [0.4, 0.5) is 20.2 Å². The number of nitrogen functional groups attached to an aromatic ring is 1. The number of carbonyl (C=O) groups excluding carboxylic acids is 1. The van der Waals surface area contributed by atoms with Gasteiger partial charge in [-0.1, -0.05) is 0 Å². The normalized spacial score (nSPS) is 10.3. The molecule has 0 aliphatic heterocycles. The first kappa shape index (κ1) is 13.7. The fourth-order valence-corrected chi connectivity index (χ4v) is 2.28. The molecule has 0 bridgehead atoms. The van der Waals surface area contributed by atoms with Crippen molar-refractivity contribution in [3.63, 3.8) is 0 Å². The zero-order valence-electron chi connectivity index (χ0n) is 9.58. The van der Waals surface area contributed by atoms with Crippen molar-refractivity contribution < 1.29 is 13.6 Å². The first-order valence-electron chi connectivity index (χ1n) is 5.28. The van der Waals surface area contributed by atoms with Crippen molar-refractivity contribution in [1.29, 1.82) is 0 Å². The van der Waals surface area contributed by atoms with Crippen LogP contribution in [-0.2, 0) is 0 Å². The first-order chi connectivity index (χ1) is 8.95. The van der Waals surface area contributed by atoms with Crippen molar-refractivity contribution in [2.75, 3.05) is 11.1 Å². The Bertz CT molecular complexity index is 626. The van der Waals surface area contributed by atoms with Gasteiger partial charge in [0.05, 0.1) is 5.56 Å². The molecule has 0 heterocycles. The molecule has 0 saturated carbocycles. The maximum absolute atomic E-state index is 13.1. The SMILES string of the molecule is Nc1cc(F)cc(NC(=O)c2ccc(F)cc2I)c1. The van der Waals surface area contributed by atoms with E-state index in [1.165, 1.54) is 24.3 Å². The van der Waals surface area contributed by atoms with Gasteiger partial charge in [-0.25, -0.2) is 8.78 Å². The predicted molar refractivity (Wildman–Crippen MR) is 77.9 cm³/mol. The van der Waals surface area contributed by atoms with Crippen LogP contribution in [0.5, 0.6) is 0 Å². The number of hydrogen-bond donors (Lipinski definition) is 2. The first-order valence-corrected chi connectivity index (χ1v) is 6.36. The molecule has 19 heavy (non-hydrogen) atoms. The van der Waals surface area contributed by atoms with Gasteiger partial charge in [-0.15, -0.1) is 0 Å². The van der Waals surface area contributed by atoms with E-state index in [-0.39, 0.29) is 11.4 Å². The van der Waals surface area contributed by atoms with Crippen molar-refractivity contribution in [3.05, 3.63) is 57.2 Å². The number of amides is 1. The minimum atomic E-state index is -0.538. The monoisotopic (exact) mass is 374 g/mol. The average molecular weight is 374 g/mol. The van der Waals surface area contributed by atoms with Crippen LogP contribution < -0.4 is 11.1 Å². The van der Waals surface area contributed by atoms with Crippen LogP contribution in [0.1, 0.15) is 10.4 Å². The summed E-state index contributed by atoms with van der Waals surface area (Å²) in [4.78, 5) is 12.0. The highest BCUT2D eigenvalue weighted by molar-refractivity contribution is 14.1. The van der Waals surface area contributed by atoms with Gasteiger partial charge >= 0.3 is 0 Å². The molecule has 0 unspecified atom stereocenters. The quantitative estimate of drug-likeness (QED) is 0.626. The molecule has 0 atom stereocenters. The summed E-state index contributed by atoms with van der Waals surface area (Å²) in [6.45, 7) is 0. The van der Waals surface area contributed by atoms with Crippen LogP contribution in [0.2, 0.25) is 0 Å². The fraction of sp³-hybridized carbons (Fsp3) is 0. The standard InChI is InChI=1S/C13H9F2IN2O/c14-7-1-2-11(12(16)5-7)13(19)18-10-4-8(15)3-9(17)6-10/h1-6H,17H2,(H,18,19). The number of rotatable bonds is 2. The highest BCUT2D eigenvalue weighted by Gasteiger charge is 2.11. The van der Waals surface area contributed by atoms with Crippen molar-refractivity contribution in [1.82, 2.24) is 0 Å². The summed E-state index contributed by atoms with van der Waals surface area (Å²) in [5.74, 6) is -1.41. The molecule has 2 aromatic rings. The molecule has 0 aromatic heterocycles. The Morgan fingerprint density at radius 3 is 2.47 bits per heavy atom. The highest BCUT2D eigenvalue weighted by Crippen LogP contribution is 2.19. The lowest BCUT2D eigenvalue weighted by Crippen LogP contribution is -2.14. The lowest BCUT2D eigenvalue weighted by molar-refractivity contribution is 0.102. The summed E-state index contributed by atoms with van der Waals surface area (Å²) in [7, 11) is 0. The van der Waals surface area contributed by atoms with Crippen molar-refractivity contribution in [2.45, 2.75) is 0 Å². The Kier molecular flexibility index (Phi) is 3.98. The van der Waals surface area contributed by atoms with Gasteiger partial charge < -0.3 is 11.1 Å². The molecular weight excluding hydrogens is 365 g/mol. The zero-order valence-corrected chi connectivity index (χ0v) is 11.7. The number of hydrogen-bond acceptors (Lipinski definition) is 2. The molecule has 3 nitrogen and oxygen atoms in total. The van der Waals surface area contributed by atoms with E-state index in [4.69, 9.17) is 5.73 Å². The van der Waals surface area contributed by atoms with Gasteiger partial charge in [0.15, 0.2) is 0 Å². The Labute approximate surface area is 121 Å². The molecular formula is C13H9F2IN2O. The Balaban J connectivity index is 2.25. The van der Waals surface area contributed by atoms with Crippen molar-refractivity contribution in [3.8, 4) is 0 Å². The predicted octanol–water partition coefficient (Wildman–Crippen LogP) is 3.40. The summed E-state index contributed by atoms with van der Waals surface area (Å²) in [6, 6.07) is 7.56. The lowest BCUT2D eigenvalue weighted by Gasteiger charge is -2.08. The zero-order chi connectivity index (χ0) is 14.0. The topological polar surface area (TPSA) is 55.1 Å². The Morgan fingerprint density at radius 2 is 1.84 bits per heavy atom. The van der Waals surface area contributed by atoms with E-state index in [9.17, 15) is 13.6 Å². The highest BCUT2D eigenvalue weighted by atomic mass is 127. The van der Waals surface area contributed by atoms with Crippen LogP contribution in [0.3, 0.4) is 0 Å². The Hall–Kier alpha value is -1.70. The van der Waals surface area contributed by atoms with Crippen LogP contribution in [-0.4, -0.2) is 5.91 Å². The molecule has 0 saturated heterocycles. The molecule has 6 heteroatoms. The van der Waals surface area contributed by atoms with Crippen LogP contribution >= 0.6 is 22.6 Å². The number of carbonyl (C=O) groups is 1. The van der Waals surface area contributed by atoms with E-state index < -0.39 is 17.5 Å². The summed E-state index contributed by atoms with van der Waals surface area (Å²) in [6.07, 6.45) is 0. The second kappa shape index (κ2) is 5.52. The van der Waals surface area contributed by atoms with E-state index in [0.29, 0.717) is 9.13 Å². The molecule has 0 spiro atoms. The van der Waals surface area contributed by atoms with Gasteiger partial charge in [0.1, 0.15) is 11.6 Å². The van der Waals surface area contributed by atoms with Crippen LogP contribution in [0, 0.1) is 15.2 Å². The van der Waals surface area contributed by atoms with E-state index in [1.54, 1.807) is 0 Å². The smallest absolute Gasteiger partial charge is 0.256 e. The maximum Gasteiger partial charge on any atom is 0.256 e. The molecule has 0 aliphatic rings. The molecule has 0 fully saturated rings. The number of benzene rings is 2. The van der Waals surface area contributed by atoms with Crippen molar-refractivity contribution in [2.24, 2.45) is 0 Å².